The molecule has 1 saturated heterocycles. The van der Waals surface area contributed by atoms with Crippen LogP contribution in [0.15, 0.2) is 55.0 Å². The number of ether oxygens (including phenoxy) is 1. The summed E-state index contributed by atoms with van der Waals surface area (Å²) in [6.07, 6.45) is 2.68. The molecule has 4 aromatic rings. The van der Waals surface area contributed by atoms with Crippen molar-refractivity contribution in [2.45, 2.75) is 44.1 Å². The van der Waals surface area contributed by atoms with Gasteiger partial charge in [0.2, 0.25) is 0 Å². The number of hydrogen-bond acceptors (Lipinski definition) is 8. The van der Waals surface area contributed by atoms with Crippen molar-refractivity contribution >= 4 is 27.7 Å². The summed E-state index contributed by atoms with van der Waals surface area (Å²) < 4.78 is 78.3. The maximum Gasteiger partial charge on any atom is 0.573 e. The fourth-order valence-corrected chi connectivity index (χ4v) is 6.30. The zero-order chi connectivity index (χ0) is 32.3. The van der Waals surface area contributed by atoms with E-state index in [-0.39, 0.29) is 17.2 Å². The Balaban J connectivity index is 0.000000945. The lowest BCUT2D eigenvalue weighted by Crippen LogP contribution is -2.49. The van der Waals surface area contributed by atoms with E-state index in [1.165, 1.54) is 42.7 Å². The number of hydrogen-bond donors (Lipinski definition) is 3. The smallest absolute Gasteiger partial charge is 0.405 e. The third-order valence-electron chi connectivity index (χ3n) is 8.44. The second-order valence-corrected chi connectivity index (χ2v) is 11.8. The van der Waals surface area contributed by atoms with Crippen LogP contribution in [0.4, 0.5) is 23.4 Å². The van der Waals surface area contributed by atoms with Gasteiger partial charge in [0, 0.05) is 61.1 Å². The molecule has 2 aliphatic rings. The highest BCUT2D eigenvalue weighted by Gasteiger charge is 2.33. The Morgan fingerprint density at radius 3 is 2.20 bits per heavy atom. The van der Waals surface area contributed by atoms with Crippen molar-refractivity contribution in [3.05, 3.63) is 60.8 Å². The van der Waals surface area contributed by atoms with Crippen molar-refractivity contribution < 1.29 is 30.7 Å². The third-order valence-corrected chi connectivity index (χ3v) is 8.44. The summed E-state index contributed by atoms with van der Waals surface area (Å²) in [5, 5.41) is 4.71. The molecular weight excluding hydrogens is 614 g/mol. The first-order chi connectivity index (χ1) is 21.4. The Labute approximate surface area is 259 Å². The number of piperazine rings is 1. The highest BCUT2D eigenvalue weighted by atomic mass is 32.2. The van der Waals surface area contributed by atoms with Gasteiger partial charge in [-0.3, -0.25) is 4.90 Å². The zero-order valence-electron chi connectivity index (χ0n) is 24.6. The number of benzene rings is 2. The maximum atomic E-state index is 15.5. The summed E-state index contributed by atoms with van der Waals surface area (Å²) in [6, 6.07) is 10.8. The van der Waals surface area contributed by atoms with Crippen LogP contribution in [0.25, 0.3) is 33.3 Å². The molecule has 0 spiro atoms. The molecule has 0 radical (unpaired) electrons. The minimum absolute atomic E-state index is 0.00351. The molecule has 2 fully saturated rings. The molecule has 3 heterocycles. The number of aromatic nitrogens is 3. The van der Waals surface area contributed by atoms with Crippen LogP contribution in [-0.2, 0) is 10.9 Å². The Morgan fingerprint density at radius 2 is 1.56 bits per heavy atom. The largest absolute Gasteiger partial charge is 0.573 e. The number of para-hydroxylation sites is 1. The summed E-state index contributed by atoms with van der Waals surface area (Å²) >= 11 is 0. The Kier molecular flexibility index (Phi) is 9.91. The van der Waals surface area contributed by atoms with Gasteiger partial charge >= 0.3 is 6.36 Å². The third kappa shape index (κ3) is 7.72. The van der Waals surface area contributed by atoms with Crippen molar-refractivity contribution in [3.8, 4) is 28.0 Å². The SMILES string of the molecule is CN1CCN(C2CCC(n3cc(-c4ccc(-c5ccccc5OC(F)(F)F)c(F)c4)c4c(N)ncnc43)CC2)CC1.N[SH](=O)=O. The van der Waals surface area contributed by atoms with Crippen molar-refractivity contribution in [2.24, 2.45) is 5.14 Å². The van der Waals surface area contributed by atoms with Gasteiger partial charge in [0.1, 0.15) is 29.4 Å². The number of rotatable bonds is 5. The first-order valence-electron chi connectivity index (χ1n) is 14.5. The first kappa shape index (κ1) is 32.6. The summed E-state index contributed by atoms with van der Waals surface area (Å²) in [5.74, 6) is -0.846. The minimum Gasteiger partial charge on any atom is -0.405 e. The van der Waals surface area contributed by atoms with Gasteiger partial charge in [0.15, 0.2) is 10.9 Å². The van der Waals surface area contributed by atoms with E-state index in [0.29, 0.717) is 34.0 Å². The molecule has 0 amide bonds. The predicted octanol–water partition coefficient (Wildman–Crippen LogP) is 4.59. The van der Waals surface area contributed by atoms with E-state index in [9.17, 15) is 13.2 Å². The van der Waals surface area contributed by atoms with Gasteiger partial charge in [0.05, 0.1) is 5.39 Å². The van der Waals surface area contributed by atoms with Gasteiger partial charge in [-0.15, -0.1) is 13.2 Å². The molecule has 2 aromatic heterocycles. The first-order valence-corrected chi connectivity index (χ1v) is 15.7. The zero-order valence-corrected chi connectivity index (χ0v) is 25.5. The van der Waals surface area contributed by atoms with Crippen LogP contribution in [0.3, 0.4) is 0 Å². The highest BCUT2D eigenvalue weighted by Crippen LogP contribution is 2.41. The number of likely N-dealkylation sites (N-methyl/N-ethyl adjacent to an activating group) is 1. The quantitative estimate of drug-likeness (QED) is 0.211. The molecule has 2 aromatic carbocycles. The summed E-state index contributed by atoms with van der Waals surface area (Å²) in [7, 11) is -0.456. The monoisotopic (exact) mass is 649 g/mol. The van der Waals surface area contributed by atoms with Gasteiger partial charge in [-0.2, -0.15) is 0 Å². The van der Waals surface area contributed by atoms with Gasteiger partial charge in [0.25, 0.3) is 0 Å². The second kappa shape index (κ2) is 13.7. The summed E-state index contributed by atoms with van der Waals surface area (Å²) in [6.45, 7) is 4.39. The molecule has 45 heavy (non-hydrogen) atoms. The van der Waals surface area contributed by atoms with Crippen LogP contribution in [0.1, 0.15) is 31.7 Å². The van der Waals surface area contributed by atoms with Crippen molar-refractivity contribution in [3.63, 3.8) is 0 Å². The number of alkyl halides is 3. The van der Waals surface area contributed by atoms with E-state index in [0.717, 1.165) is 51.9 Å². The fourth-order valence-electron chi connectivity index (χ4n) is 6.30. The van der Waals surface area contributed by atoms with Gasteiger partial charge in [-0.1, -0.05) is 30.3 Å². The summed E-state index contributed by atoms with van der Waals surface area (Å²) in [4.78, 5) is 13.7. The van der Waals surface area contributed by atoms with E-state index in [1.54, 1.807) is 6.07 Å². The van der Waals surface area contributed by atoms with Crippen molar-refractivity contribution in [1.82, 2.24) is 24.3 Å². The standard InChI is InChI=1S/C30H32F4N6O.H3NO2S/c1-38-12-14-39(15-13-38)20-7-9-21(10-8-20)40-17-24(27-28(35)36-18-37-29(27)40)19-6-11-22(25(31)16-19)23-4-2-3-5-26(23)41-30(32,33)34;1-4(2)3/h2-6,11,16-18,20-21H,7-10,12-15H2,1H3,(H2,35,36,37);4H,(H2,1,2,3). The maximum absolute atomic E-state index is 15.5. The number of thiol groups is 1. The lowest BCUT2D eigenvalue weighted by molar-refractivity contribution is -0.274. The number of halogens is 4. The lowest BCUT2D eigenvalue weighted by Gasteiger charge is -2.41. The molecule has 15 heteroatoms. The van der Waals surface area contributed by atoms with Gasteiger partial charge < -0.3 is 19.9 Å². The van der Waals surface area contributed by atoms with Crippen LogP contribution in [0, 0.1) is 5.82 Å². The molecule has 0 atom stereocenters. The molecule has 0 bridgehead atoms. The van der Waals surface area contributed by atoms with Gasteiger partial charge in [-0.05, 0) is 50.4 Å². The molecule has 1 saturated carbocycles. The normalized spacial score (nSPS) is 19.8. The Morgan fingerprint density at radius 1 is 0.911 bits per heavy atom. The Hall–Kier alpha value is -3.79. The molecule has 10 nitrogen and oxygen atoms in total. The van der Waals surface area contributed by atoms with Crippen molar-refractivity contribution in [2.75, 3.05) is 39.0 Å². The van der Waals surface area contributed by atoms with Crippen LogP contribution >= 0.6 is 0 Å². The molecule has 1 aliphatic carbocycles. The second-order valence-electron chi connectivity index (χ2n) is 11.2. The Bertz CT molecular complexity index is 1710. The predicted molar refractivity (Wildman–Crippen MR) is 164 cm³/mol. The minimum atomic E-state index is -4.89. The van der Waals surface area contributed by atoms with Crippen LogP contribution in [-0.4, -0.2) is 78.4 Å². The fraction of sp³-hybridized carbons (Fsp3) is 0.400. The molecule has 0 unspecified atom stereocenters. The summed E-state index contributed by atoms with van der Waals surface area (Å²) in [5.41, 5.74) is 8.25. The van der Waals surface area contributed by atoms with Crippen LogP contribution < -0.4 is 15.6 Å². The van der Waals surface area contributed by atoms with Crippen LogP contribution in [0.2, 0.25) is 0 Å². The lowest BCUT2D eigenvalue weighted by atomic mass is 9.89. The number of fused-ring (bicyclic) bond motifs is 1. The molecule has 6 rings (SSSR count). The molecule has 1 aliphatic heterocycles. The average Bonchev–Trinajstić information content (AvgIpc) is 3.38. The molecule has 242 valence electrons. The van der Waals surface area contributed by atoms with E-state index in [4.69, 9.17) is 14.2 Å². The number of nitrogen functional groups attached to an aromatic ring is 1. The van der Waals surface area contributed by atoms with E-state index in [2.05, 4.69) is 41.3 Å². The van der Waals surface area contributed by atoms with Gasteiger partial charge in [-0.25, -0.2) is 27.9 Å². The van der Waals surface area contributed by atoms with Crippen LogP contribution in [0.5, 0.6) is 5.75 Å². The van der Waals surface area contributed by atoms with Crippen molar-refractivity contribution in [1.29, 1.82) is 0 Å². The van der Waals surface area contributed by atoms with E-state index >= 15 is 4.39 Å². The highest BCUT2D eigenvalue weighted by molar-refractivity contribution is 7.69. The number of nitrogens with two attached hydrogens (primary N) is 2. The number of anilines is 1. The molecular formula is C30H35F4N7O3S. The average molecular weight is 650 g/mol. The topological polar surface area (TPSA) is 133 Å². The van der Waals surface area contributed by atoms with E-state index in [1.807, 2.05) is 6.20 Å². The van der Waals surface area contributed by atoms with E-state index < -0.39 is 28.8 Å². The number of nitrogens with zero attached hydrogens (tertiary/aromatic N) is 5. The molecule has 4 N–H and O–H groups in total.